The standard InChI is InChI=1S/C22H21ClFN7O2/c1-4-31-10-14(23)20-19(22(31)33)16(11-30(20)3)28-15-8-18(27-9-13(15)21(32)25-2)29-17-7-12(24)5-6-26-17/h5-11H,4H2,1-3H3,(H,25,32)(H2,26,27,28,29)/i2D3. The van der Waals surface area contributed by atoms with Crippen molar-refractivity contribution in [2.75, 3.05) is 17.6 Å². The van der Waals surface area contributed by atoms with E-state index in [2.05, 4.69) is 20.6 Å². The van der Waals surface area contributed by atoms with Crippen molar-refractivity contribution in [3.05, 3.63) is 69.7 Å². The van der Waals surface area contributed by atoms with Gasteiger partial charge in [-0.3, -0.25) is 9.59 Å². The minimum Gasteiger partial charge on any atom is -0.355 e. The zero-order valence-electron chi connectivity index (χ0n) is 20.6. The van der Waals surface area contributed by atoms with Gasteiger partial charge in [0.1, 0.15) is 17.5 Å². The van der Waals surface area contributed by atoms with Crippen molar-refractivity contribution in [1.29, 1.82) is 0 Å². The van der Waals surface area contributed by atoms with E-state index in [-0.39, 0.29) is 33.8 Å². The van der Waals surface area contributed by atoms with Gasteiger partial charge in [-0.2, -0.15) is 0 Å². The smallest absolute Gasteiger partial charge is 0.262 e. The number of carbonyl (C=O) groups excluding carboxylic acids is 1. The summed E-state index contributed by atoms with van der Waals surface area (Å²) >= 11 is 6.42. The van der Waals surface area contributed by atoms with Crippen molar-refractivity contribution < 1.29 is 13.3 Å². The van der Waals surface area contributed by atoms with Crippen LogP contribution < -0.4 is 21.5 Å². The molecule has 0 saturated carbocycles. The molecule has 0 radical (unpaired) electrons. The maximum atomic E-state index is 13.6. The quantitative estimate of drug-likeness (QED) is 0.394. The molecular weight excluding hydrogens is 449 g/mol. The maximum absolute atomic E-state index is 13.6. The number of amides is 1. The van der Waals surface area contributed by atoms with E-state index in [4.69, 9.17) is 15.7 Å². The number of aryl methyl sites for hydroxylation is 2. The summed E-state index contributed by atoms with van der Waals surface area (Å²) in [7, 11) is 1.71. The highest BCUT2D eigenvalue weighted by atomic mass is 35.5. The van der Waals surface area contributed by atoms with E-state index in [9.17, 15) is 14.0 Å². The second-order valence-corrected chi connectivity index (χ2v) is 7.53. The molecule has 0 fully saturated rings. The van der Waals surface area contributed by atoms with Gasteiger partial charge in [-0.15, -0.1) is 0 Å². The Labute approximate surface area is 197 Å². The zero-order valence-corrected chi connectivity index (χ0v) is 18.4. The van der Waals surface area contributed by atoms with E-state index < -0.39 is 18.7 Å². The summed E-state index contributed by atoms with van der Waals surface area (Å²) < 4.78 is 38.8. The maximum Gasteiger partial charge on any atom is 0.262 e. The molecule has 0 spiro atoms. The molecule has 0 aliphatic carbocycles. The Hall–Kier alpha value is -3.92. The number of fused-ring (bicyclic) bond motifs is 1. The van der Waals surface area contributed by atoms with E-state index in [1.807, 2.05) is 5.32 Å². The molecule has 3 N–H and O–H groups in total. The first kappa shape index (κ1) is 18.6. The van der Waals surface area contributed by atoms with Gasteiger partial charge in [0.15, 0.2) is 0 Å². The number of hydrogen-bond donors (Lipinski definition) is 3. The Morgan fingerprint density at radius 1 is 1.21 bits per heavy atom. The van der Waals surface area contributed by atoms with Gasteiger partial charge in [0.2, 0.25) is 0 Å². The minimum absolute atomic E-state index is 0.0984. The Bertz CT molecular complexity index is 1530. The second kappa shape index (κ2) is 8.91. The number of anilines is 4. The lowest BCUT2D eigenvalue weighted by Crippen LogP contribution is -2.20. The predicted molar refractivity (Wildman–Crippen MR) is 126 cm³/mol. The SMILES string of the molecule is [2H]C([2H])([2H])NC(=O)c1cnc(Nc2cc(F)ccn2)cc1Nc1cn(C)c2c(Cl)cn(CC)c(=O)c12. The number of carbonyl (C=O) groups is 1. The van der Waals surface area contributed by atoms with Crippen LogP contribution in [0, 0.1) is 5.82 Å². The second-order valence-electron chi connectivity index (χ2n) is 7.12. The highest BCUT2D eigenvalue weighted by molar-refractivity contribution is 6.35. The van der Waals surface area contributed by atoms with E-state index in [1.165, 1.54) is 22.9 Å². The summed E-state index contributed by atoms with van der Waals surface area (Å²) in [4.78, 5) is 34.0. The molecule has 0 aliphatic heterocycles. The number of aromatic nitrogens is 4. The molecule has 0 aromatic carbocycles. The topological polar surface area (TPSA) is 106 Å². The van der Waals surface area contributed by atoms with Crippen LogP contribution in [-0.4, -0.2) is 32.0 Å². The van der Waals surface area contributed by atoms with Gasteiger partial charge in [-0.05, 0) is 13.0 Å². The highest BCUT2D eigenvalue weighted by Gasteiger charge is 2.19. The van der Waals surface area contributed by atoms with Gasteiger partial charge in [0.05, 0.1) is 32.9 Å². The molecule has 4 aromatic heterocycles. The van der Waals surface area contributed by atoms with Crippen LogP contribution in [0.1, 0.15) is 21.4 Å². The van der Waals surface area contributed by atoms with Crippen molar-refractivity contribution in [3.63, 3.8) is 0 Å². The van der Waals surface area contributed by atoms with Crippen LogP contribution >= 0.6 is 11.6 Å². The molecule has 0 saturated heterocycles. The average molecular weight is 473 g/mol. The molecule has 33 heavy (non-hydrogen) atoms. The van der Waals surface area contributed by atoms with Crippen LogP contribution in [0.3, 0.4) is 0 Å². The van der Waals surface area contributed by atoms with E-state index >= 15 is 0 Å². The molecule has 170 valence electrons. The minimum atomic E-state index is -2.74. The molecule has 0 aliphatic rings. The molecule has 4 heterocycles. The van der Waals surface area contributed by atoms with Gasteiger partial charge in [0.25, 0.3) is 11.5 Å². The lowest BCUT2D eigenvalue weighted by molar-refractivity contribution is 0.0963. The number of hydrogen-bond acceptors (Lipinski definition) is 6. The van der Waals surface area contributed by atoms with Gasteiger partial charge in [-0.1, -0.05) is 11.6 Å². The summed E-state index contributed by atoms with van der Waals surface area (Å²) in [5.41, 5.74) is 0.564. The van der Waals surface area contributed by atoms with Crippen molar-refractivity contribution in [2.45, 2.75) is 13.5 Å². The Balaban J connectivity index is 1.83. The van der Waals surface area contributed by atoms with Crippen molar-refractivity contribution in [2.24, 2.45) is 7.05 Å². The van der Waals surface area contributed by atoms with Crippen molar-refractivity contribution >= 4 is 51.4 Å². The summed E-state index contributed by atoms with van der Waals surface area (Å²) in [6.45, 7) is -0.546. The Morgan fingerprint density at radius 2 is 2.00 bits per heavy atom. The van der Waals surface area contributed by atoms with Crippen LogP contribution in [0.5, 0.6) is 0 Å². The predicted octanol–water partition coefficient (Wildman–Crippen LogP) is 3.79. The number of nitrogens with zero attached hydrogens (tertiary/aromatic N) is 4. The summed E-state index contributed by atoms with van der Waals surface area (Å²) in [6.07, 6.45) is 5.61. The number of rotatable bonds is 6. The van der Waals surface area contributed by atoms with E-state index in [1.54, 1.807) is 30.9 Å². The van der Waals surface area contributed by atoms with Crippen LogP contribution in [0.15, 0.2) is 47.8 Å². The molecule has 11 heteroatoms. The lowest BCUT2D eigenvalue weighted by Gasteiger charge is -2.13. The summed E-state index contributed by atoms with van der Waals surface area (Å²) in [5.74, 6) is -1.08. The molecule has 9 nitrogen and oxygen atoms in total. The van der Waals surface area contributed by atoms with Crippen molar-refractivity contribution in [1.82, 2.24) is 24.4 Å². The third-order valence-corrected chi connectivity index (χ3v) is 5.28. The van der Waals surface area contributed by atoms with Crippen molar-refractivity contribution in [3.8, 4) is 0 Å². The van der Waals surface area contributed by atoms with E-state index in [0.717, 1.165) is 12.3 Å². The highest BCUT2D eigenvalue weighted by Crippen LogP contribution is 2.32. The van der Waals surface area contributed by atoms with Gasteiger partial charge in [0, 0.05) is 61.6 Å². The Morgan fingerprint density at radius 3 is 2.73 bits per heavy atom. The Kier molecular flexibility index (Phi) is 5.03. The molecule has 1 amide bonds. The fraction of sp³-hybridized carbons (Fsp3) is 0.182. The number of pyridine rings is 3. The normalized spacial score (nSPS) is 12.7. The van der Waals surface area contributed by atoms with Crippen LogP contribution in [0.25, 0.3) is 10.9 Å². The number of halogens is 2. The first-order valence-electron chi connectivity index (χ1n) is 11.3. The lowest BCUT2D eigenvalue weighted by atomic mass is 10.2. The third-order valence-electron chi connectivity index (χ3n) is 5.00. The first-order chi connectivity index (χ1) is 17.0. The van der Waals surface area contributed by atoms with Crippen LogP contribution in [0.2, 0.25) is 5.02 Å². The molecule has 0 atom stereocenters. The fourth-order valence-corrected chi connectivity index (χ4v) is 3.83. The van der Waals surface area contributed by atoms with Gasteiger partial charge >= 0.3 is 0 Å². The van der Waals surface area contributed by atoms with Gasteiger partial charge < -0.3 is 25.1 Å². The fourth-order valence-electron chi connectivity index (χ4n) is 3.49. The number of nitrogens with one attached hydrogen (secondary N) is 3. The third kappa shape index (κ3) is 4.24. The molecular formula is C22H21ClFN7O2. The largest absolute Gasteiger partial charge is 0.355 e. The molecule has 0 unspecified atom stereocenters. The monoisotopic (exact) mass is 472 g/mol. The first-order valence-corrected chi connectivity index (χ1v) is 10.2. The average Bonchev–Trinajstić information content (AvgIpc) is 3.11. The zero-order chi connectivity index (χ0) is 26.2. The van der Waals surface area contributed by atoms with Crippen LogP contribution in [-0.2, 0) is 13.6 Å². The summed E-state index contributed by atoms with van der Waals surface area (Å²) in [6, 6.07) is 3.76. The molecule has 4 aromatic rings. The van der Waals surface area contributed by atoms with Crippen LogP contribution in [0.4, 0.5) is 27.4 Å². The molecule has 0 bridgehead atoms. The summed E-state index contributed by atoms with van der Waals surface area (Å²) in [5, 5.41) is 8.45. The van der Waals surface area contributed by atoms with Gasteiger partial charge in [-0.25, -0.2) is 14.4 Å². The molecule has 4 rings (SSSR count). The van der Waals surface area contributed by atoms with E-state index in [0.29, 0.717) is 22.8 Å².